The maximum Gasteiger partial charge on any atom is 0.323 e. The Kier molecular flexibility index (Phi) is 2.70. The summed E-state index contributed by atoms with van der Waals surface area (Å²) in [5.74, 6) is -1.25. The van der Waals surface area contributed by atoms with Crippen molar-refractivity contribution in [3.8, 4) is 0 Å². The quantitative estimate of drug-likeness (QED) is 0.889. The van der Waals surface area contributed by atoms with Crippen LogP contribution in [0, 0.1) is 0 Å². The summed E-state index contributed by atoms with van der Waals surface area (Å²) in [4.78, 5) is 24.7. The minimum Gasteiger partial charge on any atom is -0.480 e. The molecule has 1 aliphatic rings. The van der Waals surface area contributed by atoms with Gasteiger partial charge in [0.25, 0.3) is 5.91 Å². The summed E-state index contributed by atoms with van der Waals surface area (Å²) in [6.07, 6.45) is 5.00. The van der Waals surface area contributed by atoms with Crippen molar-refractivity contribution in [1.29, 1.82) is 0 Å². The number of rotatable bonds is 4. The smallest absolute Gasteiger partial charge is 0.323 e. The van der Waals surface area contributed by atoms with E-state index < -0.39 is 5.97 Å². The number of hydrogen-bond donors (Lipinski definition) is 1. The van der Waals surface area contributed by atoms with Gasteiger partial charge in [0, 0.05) is 12.2 Å². The van der Waals surface area contributed by atoms with Gasteiger partial charge in [0.15, 0.2) is 0 Å². The van der Waals surface area contributed by atoms with E-state index in [9.17, 15) is 9.59 Å². The highest BCUT2D eigenvalue weighted by Gasteiger charge is 2.35. The van der Waals surface area contributed by atoms with Crippen molar-refractivity contribution in [3.63, 3.8) is 0 Å². The van der Waals surface area contributed by atoms with Gasteiger partial charge in [-0.3, -0.25) is 9.59 Å². The Hall–Kier alpha value is -2.37. The number of carbonyl (C=O) groups is 2. The lowest BCUT2D eigenvalue weighted by Crippen LogP contribution is -2.37. The normalized spacial score (nSPS) is 14.5. The second-order valence-electron chi connectivity index (χ2n) is 4.65. The van der Waals surface area contributed by atoms with Crippen LogP contribution in [0.1, 0.15) is 23.2 Å². The molecule has 0 radical (unpaired) electrons. The standard InChI is InChI=1S/C13H13N3O3/c17-12(18)8-15(9-4-5-9)13(19)10-7-14-16-6-2-1-3-11(10)16/h1-3,6-7,9H,4-5,8H2,(H,17,18). The van der Waals surface area contributed by atoms with Crippen molar-refractivity contribution >= 4 is 17.4 Å². The Morgan fingerprint density at radius 3 is 2.89 bits per heavy atom. The molecule has 0 unspecified atom stereocenters. The molecule has 6 heteroatoms. The summed E-state index contributed by atoms with van der Waals surface area (Å²) in [5, 5.41) is 13.0. The number of carboxylic acids is 1. The highest BCUT2D eigenvalue weighted by atomic mass is 16.4. The maximum absolute atomic E-state index is 12.4. The van der Waals surface area contributed by atoms with E-state index in [1.54, 1.807) is 16.8 Å². The molecular formula is C13H13N3O3. The maximum atomic E-state index is 12.4. The summed E-state index contributed by atoms with van der Waals surface area (Å²) >= 11 is 0. The number of hydrogen-bond acceptors (Lipinski definition) is 3. The average molecular weight is 259 g/mol. The summed E-state index contributed by atoms with van der Waals surface area (Å²) < 4.78 is 1.61. The predicted octanol–water partition coefficient (Wildman–Crippen LogP) is 1.02. The minimum absolute atomic E-state index is 0.0577. The molecule has 98 valence electrons. The fraction of sp³-hybridized carbons (Fsp3) is 0.308. The number of pyridine rings is 1. The Bertz CT molecular complexity index is 645. The van der Waals surface area contributed by atoms with Gasteiger partial charge >= 0.3 is 5.97 Å². The molecule has 1 saturated carbocycles. The largest absolute Gasteiger partial charge is 0.480 e. The van der Waals surface area contributed by atoms with Gasteiger partial charge in [-0.2, -0.15) is 5.10 Å². The number of aromatic nitrogens is 2. The van der Waals surface area contributed by atoms with Crippen LogP contribution in [0.5, 0.6) is 0 Å². The molecule has 0 saturated heterocycles. The topological polar surface area (TPSA) is 74.9 Å². The zero-order chi connectivity index (χ0) is 13.4. The van der Waals surface area contributed by atoms with Crippen molar-refractivity contribution in [3.05, 3.63) is 36.2 Å². The van der Waals surface area contributed by atoms with Gasteiger partial charge in [-0.25, -0.2) is 4.52 Å². The van der Waals surface area contributed by atoms with Crippen molar-refractivity contribution in [2.45, 2.75) is 18.9 Å². The molecule has 2 heterocycles. The van der Waals surface area contributed by atoms with Crippen molar-refractivity contribution < 1.29 is 14.7 Å². The predicted molar refractivity (Wildman–Crippen MR) is 66.9 cm³/mol. The van der Waals surface area contributed by atoms with E-state index >= 15 is 0 Å². The Labute approximate surface area is 109 Å². The second-order valence-corrected chi connectivity index (χ2v) is 4.65. The zero-order valence-electron chi connectivity index (χ0n) is 10.2. The third-order valence-electron chi connectivity index (χ3n) is 3.21. The molecule has 1 N–H and O–H groups in total. The van der Waals surface area contributed by atoms with Gasteiger partial charge in [-0.15, -0.1) is 0 Å². The molecule has 6 nitrogen and oxygen atoms in total. The van der Waals surface area contributed by atoms with E-state index in [2.05, 4.69) is 5.10 Å². The number of aliphatic carboxylic acids is 1. The average Bonchev–Trinajstić information content (AvgIpc) is 3.14. The van der Waals surface area contributed by atoms with Crippen LogP contribution in [-0.4, -0.2) is 44.1 Å². The van der Waals surface area contributed by atoms with Gasteiger partial charge < -0.3 is 10.0 Å². The van der Waals surface area contributed by atoms with Crippen LogP contribution in [0.25, 0.3) is 5.52 Å². The first kappa shape index (κ1) is 11.7. The van der Waals surface area contributed by atoms with Gasteiger partial charge in [0.05, 0.1) is 17.3 Å². The van der Waals surface area contributed by atoms with Gasteiger partial charge in [0.2, 0.25) is 0 Å². The van der Waals surface area contributed by atoms with E-state index in [1.165, 1.54) is 11.1 Å². The zero-order valence-corrected chi connectivity index (χ0v) is 10.2. The van der Waals surface area contributed by atoms with E-state index in [0.717, 1.165) is 12.8 Å². The monoisotopic (exact) mass is 259 g/mol. The first-order valence-corrected chi connectivity index (χ1v) is 6.12. The van der Waals surface area contributed by atoms with Crippen LogP contribution in [-0.2, 0) is 4.79 Å². The number of carboxylic acid groups (broad SMARTS) is 1. The molecule has 1 fully saturated rings. The SMILES string of the molecule is O=C(O)CN(C(=O)c1cnn2ccccc12)C1CC1. The molecule has 0 aromatic carbocycles. The number of amides is 1. The van der Waals surface area contributed by atoms with Crippen LogP contribution in [0.15, 0.2) is 30.6 Å². The molecule has 1 amide bonds. The Morgan fingerprint density at radius 2 is 2.21 bits per heavy atom. The number of carbonyl (C=O) groups excluding carboxylic acids is 1. The molecule has 0 spiro atoms. The van der Waals surface area contributed by atoms with Gasteiger partial charge in [-0.1, -0.05) is 6.07 Å². The summed E-state index contributed by atoms with van der Waals surface area (Å²) in [6.45, 7) is -0.256. The molecule has 0 aliphatic heterocycles. The molecular weight excluding hydrogens is 246 g/mol. The van der Waals surface area contributed by atoms with E-state index in [4.69, 9.17) is 5.11 Å². The van der Waals surface area contributed by atoms with Crippen LogP contribution in [0.3, 0.4) is 0 Å². The first-order chi connectivity index (χ1) is 9.16. The van der Waals surface area contributed by atoms with Crippen molar-refractivity contribution in [2.24, 2.45) is 0 Å². The summed E-state index contributed by atoms with van der Waals surface area (Å²) in [5.41, 5.74) is 1.15. The molecule has 1 aliphatic carbocycles. The van der Waals surface area contributed by atoms with Crippen molar-refractivity contribution in [1.82, 2.24) is 14.5 Å². The van der Waals surface area contributed by atoms with Crippen LogP contribution < -0.4 is 0 Å². The van der Waals surface area contributed by atoms with Crippen LogP contribution in [0.4, 0.5) is 0 Å². The fourth-order valence-corrected chi connectivity index (χ4v) is 2.15. The lowest BCUT2D eigenvalue weighted by Gasteiger charge is -2.19. The first-order valence-electron chi connectivity index (χ1n) is 6.12. The number of fused-ring (bicyclic) bond motifs is 1. The lowest BCUT2D eigenvalue weighted by molar-refractivity contribution is -0.137. The van der Waals surface area contributed by atoms with E-state index in [0.29, 0.717) is 11.1 Å². The molecule has 2 aromatic heterocycles. The molecule has 19 heavy (non-hydrogen) atoms. The van der Waals surface area contributed by atoms with Crippen LogP contribution >= 0.6 is 0 Å². The minimum atomic E-state index is -0.989. The second kappa shape index (κ2) is 4.38. The Balaban J connectivity index is 1.95. The third kappa shape index (κ3) is 2.16. The van der Waals surface area contributed by atoms with Crippen molar-refractivity contribution in [2.75, 3.05) is 6.54 Å². The van der Waals surface area contributed by atoms with Gasteiger partial charge in [0.1, 0.15) is 6.54 Å². The highest BCUT2D eigenvalue weighted by molar-refractivity contribution is 6.01. The molecule has 2 aromatic rings. The van der Waals surface area contributed by atoms with Gasteiger partial charge in [-0.05, 0) is 25.0 Å². The lowest BCUT2D eigenvalue weighted by atomic mass is 10.2. The number of nitrogens with zero attached hydrogens (tertiary/aromatic N) is 3. The Morgan fingerprint density at radius 1 is 1.42 bits per heavy atom. The fourth-order valence-electron chi connectivity index (χ4n) is 2.15. The van der Waals surface area contributed by atoms with Crippen LogP contribution in [0.2, 0.25) is 0 Å². The summed E-state index contributed by atoms with van der Waals surface area (Å²) in [7, 11) is 0. The molecule has 3 rings (SSSR count). The highest BCUT2D eigenvalue weighted by Crippen LogP contribution is 2.28. The third-order valence-corrected chi connectivity index (χ3v) is 3.21. The molecule has 0 atom stereocenters. The summed E-state index contributed by atoms with van der Waals surface area (Å²) in [6, 6.07) is 5.50. The van der Waals surface area contributed by atoms with E-state index in [1.807, 2.05) is 12.1 Å². The van der Waals surface area contributed by atoms with E-state index in [-0.39, 0.29) is 18.5 Å². The molecule has 0 bridgehead atoms.